The van der Waals surface area contributed by atoms with Crippen LogP contribution in [0.1, 0.15) is 17.5 Å². The van der Waals surface area contributed by atoms with Crippen LogP contribution in [0.25, 0.3) is 0 Å². The maximum Gasteiger partial charge on any atom is 0.229 e. The molecule has 5 heteroatoms. The van der Waals surface area contributed by atoms with Crippen LogP contribution < -0.4 is 5.32 Å². The molecule has 0 radical (unpaired) electrons. The highest BCUT2D eigenvalue weighted by Crippen LogP contribution is 2.21. The number of hydrogen-bond donors (Lipinski definition) is 1. The molecule has 2 aromatic rings. The predicted molar refractivity (Wildman–Crippen MR) is 94.6 cm³/mol. The van der Waals surface area contributed by atoms with Crippen molar-refractivity contribution in [2.75, 3.05) is 18.4 Å². The normalized spacial score (nSPS) is 17.0. The van der Waals surface area contributed by atoms with Gasteiger partial charge in [0.2, 0.25) is 11.8 Å². The minimum Gasteiger partial charge on any atom is -0.342 e. The Labute approximate surface area is 146 Å². The maximum absolute atomic E-state index is 12.9. The highest BCUT2D eigenvalue weighted by atomic mass is 19.1. The van der Waals surface area contributed by atoms with Crippen LogP contribution in [-0.4, -0.2) is 29.8 Å². The summed E-state index contributed by atoms with van der Waals surface area (Å²) in [7, 11) is 0. The third-order valence-corrected chi connectivity index (χ3v) is 4.57. The Morgan fingerprint density at radius 3 is 2.64 bits per heavy atom. The second kappa shape index (κ2) is 7.47. The number of anilines is 1. The van der Waals surface area contributed by atoms with Gasteiger partial charge in [-0.05, 0) is 42.7 Å². The second-order valence-corrected chi connectivity index (χ2v) is 6.42. The van der Waals surface area contributed by atoms with Gasteiger partial charge in [0.05, 0.1) is 5.92 Å². The van der Waals surface area contributed by atoms with E-state index in [4.69, 9.17) is 0 Å². The second-order valence-electron chi connectivity index (χ2n) is 6.42. The molecule has 25 heavy (non-hydrogen) atoms. The third-order valence-electron chi connectivity index (χ3n) is 4.57. The lowest BCUT2D eigenvalue weighted by Gasteiger charge is -2.17. The molecule has 4 nitrogen and oxygen atoms in total. The van der Waals surface area contributed by atoms with Crippen LogP contribution in [0.5, 0.6) is 0 Å². The van der Waals surface area contributed by atoms with Crippen molar-refractivity contribution in [1.82, 2.24) is 4.90 Å². The number of hydrogen-bond acceptors (Lipinski definition) is 2. The highest BCUT2D eigenvalue weighted by Gasteiger charge is 2.34. The van der Waals surface area contributed by atoms with Gasteiger partial charge in [0, 0.05) is 25.2 Å². The standard InChI is InChI=1S/C20H21FN2O2/c1-14-4-2-3-5-18(14)22-20(25)16-12-19(24)23(13-16)11-10-15-6-8-17(21)9-7-15/h2-9,16H,10-13H2,1H3,(H,22,25). The molecule has 1 saturated heterocycles. The molecule has 130 valence electrons. The number of benzene rings is 2. The molecular weight excluding hydrogens is 319 g/mol. The van der Waals surface area contributed by atoms with E-state index in [0.717, 1.165) is 16.8 Å². The van der Waals surface area contributed by atoms with E-state index in [2.05, 4.69) is 5.32 Å². The largest absolute Gasteiger partial charge is 0.342 e. The number of rotatable bonds is 5. The van der Waals surface area contributed by atoms with Crippen molar-refractivity contribution in [3.8, 4) is 0 Å². The summed E-state index contributed by atoms with van der Waals surface area (Å²) in [5.74, 6) is -0.728. The predicted octanol–water partition coefficient (Wildman–Crippen LogP) is 3.16. The van der Waals surface area contributed by atoms with Gasteiger partial charge in [-0.15, -0.1) is 0 Å². The number of carbonyl (C=O) groups is 2. The summed E-state index contributed by atoms with van der Waals surface area (Å²) in [5.41, 5.74) is 2.75. The van der Waals surface area contributed by atoms with Crippen LogP contribution in [0.2, 0.25) is 0 Å². The topological polar surface area (TPSA) is 49.4 Å². The molecule has 1 unspecified atom stereocenters. The Balaban J connectivity index is 1.55. The molecule has 3 rings (SSSR count). The van der Waals surface area contributed by atoms with Crippen molar-refractivity contribution in [2.45, 2.75) is 19.8 Å². The molecule has 1 atom stereocenters. The van der Waals surface area contributed by atoms with Gasteiger partial charge < -0.3 is 10.2 Å². The van der Waals surface area contributed by atoms with Gasteiger partial charge in [-0.2, -0.15) is 0 Å². The Morgan fingerprint density at radius 1 is 1.20 bits per heavy atom. The van der Waals surface area contributed by atoms with E-state index in [9.17, 15) is 14.0 Å². The van der Waals surface area contributed by atoms with E-state index in [-0.39, 0.29) is 30.0 Å². The Morgan fingerprint density at radius 2 is 1.92 bits per heavy atom. The summed E-state index contributed by atoms with van der Waals surface area (Å²) < 4.78 is 12.9. The summed E-state index contributed by atoms with van der Waals surface area (Å²) in [6.07, 6.45) is 0.888. The van der Waals surface area contributed by atoms with Crippen molar-refractivity contribution in [3.05, 3.63) is 65.5 Å². The molecule has 1 heterocycles. The fourth-order valence-corrected chi connectivity index (χ4v) is 3.03. The average molecular weight is 340 g/mol. The molecule has 0 aromatic heterocycles. The first kappa shape index (κ1) is 17.1. The van der Waals surface area contributed by atoms with E-state index in [1.807, 2.05) is 31.2 Å². The van der Waals surface area contributed by atoms with Crippen molar-refractivity contribution in [3.63, 3.8) is 0 Å². The lowest BCUT2D eigenvalue weighted by molar-refractivity contribution is -0.128. The van der Waals surface area contributed by atoms with Crippen LogP contribution >= 0.6 is 0 Å². The van der Waals surface area contributed by atoms with Crippen LogP contribution in [0.4, 0.5) is 10.1 Å². The first-order valence-electron chi connectivity index (χ1n) is 8.41. The third kappa shape index (κ3) is 4.24. The number of likely N-dealkylation sites (tertiary alicyclic amines) is 1. The van der Waals surface area contributed by atoms with E-state index in [1.165, 1.54) is 12.1 Å². The summed E-state index contributed by atoms with van der Waals surface area (Å²) in [6, 6.07) is 13.9. The van der Waals surface area contributed by atoms with Crippen molar-refractivity contribution < 1.29 is 14.0 Å². The zero-order valence-corrected chi connectivity index (χ0v) is 14.2. The summed E-state index contributed by atoms with van der Waals surface area (Å²) in [5, 5.41) is 2.91. The van der Waals surface area contributed by atoms with Gasteiger partial charge in [-0.1, -0.05) is 30.3 Å². The van der Waals surface area contributed by atoms with Crippen molar-refractivity contribution >= 4 is 17.5 Å². The Kier molecular flexibility index (Phi) is 5.12. The number of aryl methyl sites for hydroxylation is 1. The van der Waals surface area contributed by atoms with E-state index in [1.54, 1.807) is 17.0 Å². The average Bonchev–Trinajstić information content (AvgIpc) is 2.97. The molecule has 0 saturated carbocycles. The molecule has 0 bridgehead atoms. The molecule has 1 aliphatic heterocycles. The zero-order valence-electron chi connectivity index (χ0n) is 14.2. The molecule has 2 amide bonds. The first-order chi connectivity index (χ1) is 12.0. The smallest absolute Gasteiger partial charge is 0.229 e. The van der Waals surface area contributed by atoms with Gasteiger partial charge in [0.25, 0.3) is 0 Å². The number of carbonyl (C=O) groups excluding carboxylic acids is 2. The molecule has 1 N–H and O–H groups in total. The molecule has 2 aromatic carbocycles. The summed E-state index contributed by atoms with van der Waals surface area (Å²) in [6.45, 7) is 2.90. The summed E-state index contributed by atoms with van der Waals surface area (Å²) in [4.78, 5) is 26.3. The number of para-hydroxylation sites is 1. The van der Waals surface area contributed by atoms with Gasteiger partial charge in [-0.25, -0.2) is 4.39 Å². The van der Waals surface area contributed by atoms with Gasteiger partial charge >= 0.3 is 0 Å². The number of nitrogens with zero attached hydrogens (tertiary/aromatic N) is 1. The van der Waals surface area contributed by atoms with Crippen molar-refractivity contribution in [1.29, 1.82) is 0 Å². The molecular formula is C20H21FN2O2. The Bertz CT molecular complexity index is 774. The van der Waals surface area contributed by atoms with Gasteiger partial charge in [0.1, 0.15) is 5.82 Å². The molecule has 0 aliphatic carbocycles. The highest BCUT2D eigenvalue weighted by molar-refractivity contribution is 5.97. The quantitative estimate of drug-likeness (QED) is 0.909. The fourth-order valence-electron chi connectivity index (χ4n) is 3.03. The Hall–Kier alpha value is -2.69. The van der Waals surface area contributed by atoms with Crippen molar-refractivity contribution in [2.24, 2.45) is 5.92 Å². The summed E-state index contributed by atoms with van der Waals surface area (Å²) >= 11 is 0. The maximum atomic E-state index is 12.9. The minimum absolute atomic E-state index is 0.00737. The van der Waals surface area contributed by atoms with Gasteiger partial charge in [-0.3, -0.25) is 9.59 Å². The number of halogens is 1. The molecule has 0 spiro atoms. The molecule has 1 aliphatic rings. The fraction of sp³-hybridized carbons (Fsp3) is 0.300. The lowest BCUT2D eigenvalue weighted by Crippen LogP contribution is -2.30. The van der Waals surface area contributed by atoms with E-state index >= 15 is 0 Å². The van der Waals surface area contributed by atoms with E-state index < -0.39 is 0 Å². The van der Waals surface area contributed by atoms with Crippen LogP contribution in [0, 0.1) is 18.7 Å². The van der Waals surface area contributed by atoms with Crippen LogP contribution in [0.15, 0.2) is 48.5 Å². The number of amides is 2. The minimum atomic E-state index is -0.333. The zero-order chi connectivity index (χ0) is 17.8. The van der Waals surface area contributed by atoms with Crippen LogP contribution in [0.3, 0.4) is 0 Å². The lowest BCUT2D eigenvalue weighted by atomic mass is 10.1. The molecule has 1 fully saturated rings. The first-order valence-corrected chi connectivity index (χ1v) is 8.41. The monoisotopic (exact) mass is 340 g/mol. The number of nitrogens with one attached hydrogen (secondary N) is 1. The van der Waals surface area contributed by atoms with Gasteiger partial charge in [0.15, 0.2) is 0 Å². The van der Waals surface area contributed by atoms with Crippen LogP contribution in [-0.2, 0) is 16.0 Å². The SMILES string of the molecule is Cc1ccccc1NC(=O)C1CC(=O)N(CCc2ccc(F)cc2)C1. The van der Waals surface area contributed by atoms with E-state index in [0.29, 0.717) is 19.5 Å².